The monoisotopic (exact) mass is 557 g/mol. The van der Waals surface area contributed by atoms with Crippen molar-refractivity contribution in [2.75, 3.05) is 44.2 Å². The lowest BCUT2D eigenvalue weighted by atomic mass is 9.68. The van der Waals surface area contributed by atoms with Gasteiger partial charge >= 0.3 is 5.97 Å². The molecule has 2 aromatic carbocycles. The number of unbranched alkanes of at least 4 members (excludes halogenated alkanes) is 1. The highest BCUT2D eigenvalue weighted by molar-refractivity contribution is 6.43. The van der Waals surface area contributed by atoms with Crippen LogP contribution >= 0.6 is 23.2 Å². The van der Waals surface area contributed by atoms with Gasteiger partial charge in [-0.15, -0.1) is 0 Å². The fourth-order valence-corrected chi connectivity index (χ4v) is 4.92. The number of ether oxygens (including phenoxy) is 2. The molecule has 10 heteroatoms. The summed E-state index contributed by atoms with van der Waals surface area (Å²) in [5, 5.41) is 2.10. The van der Waals surface area contributed by atoms with Crippen LogP contribution in [0.15, 0.2) is 53.3 Å². The van der Waals surface area contributed by atoms with Gasteiger partial charge in [-0.3, -0.25) is 19.1 Å². The second kappa shape index (κ2) is 13.4. The average molecular weight is 558 g/mol. The number of piperazine rings is 1. The van der Waals surface area contributed by atoms with E-state index in [1.165, 1.54) is 10.6 Å². The van der Waals surface area contributed by atoms with Crippen molar-refractivity contribution >= 4 is 53.0 Å². The van der Waals surface area contributed by atoms with Crippen LogP contribution in [-0.2, 0) is 16.3 Å². The Morgan fingerprint density at radius 2 is 1.82 bits per heavy atom. The van der Waals surface area contributed by atoms with Gasteiger partial charge in [-0.25, -0.2) is 0 Å². The SMILES string of the molecule is CBC(C)C(=O)OCn1c(=O)ccc2ccc(OCCCCN3CCN(c4cccc(Cl)c4Cl)CC3)cc21. The van der Waals surface area contributed by atoms with Crippen molar-refractivity contribution in [2.45, 2.75) is 39.1 Å². The number of fused-ring (bicyclic) bond motifs is 1. The third-order valence-corrected chi connectivity index (χ3v) is 7.91. The summed E-state index contributed by atoms with van der Waals surface area (Å²) in [6.45, 7) is 9.03. The molecule has 0 spiro atoms. The Balaban J connectivity index is 1.24. The minimum atomic E-state index is -0.307. The maximum atomic E-state index is 12.5. The van der Waals surface area contributed by atoms with E-state index in [2.05, 4.69) is 9.80 Å². The Labute approximate surface area is 234 Å². The maximum Gasteiger partial charge on any atom is 0.302 e. The van der Waals surface area contributed by atoms with Gasteiger partial charge in [0.15, 0.2) is 6.73 Å². The first-order chi connectivity index (χ1) is 18.4. The van der Waals surface area contributed by atoms with Crippen LogP contribution in [0.3, 0.4) is 0 Å². The number of nitrogens with zero attached hydrogens (tertiary/aromatic N) is 3. The number of hydrogen-bond acceptors (Lipinski definition) is 6. The van der Waals surface area contributed by atoms with Crippen molar-refractivity contribution in [3.8, 4) is 5.75 Å². The van der Waals surface area contributed by atoms with E-state index in [1.807, 2.05) is 50.1 Å². The molecule has 0 bridgehead atoms. The van der Waals surface area contributed by atoms with Crippen molar-refractivity contribution in [1.29, 1.82) is 0 Å². The lowest BCUT2D eigenvalue weighted by Gasteiger charge is -2.36. The molecule has 1 atom stereocenters. The molecule has 4 rings (SSSR count). The average Bonchev–Trinajstić information content (AvgIpc) is 2.93. The molecule has 1 aromatic heterocycles. The summed E-state index contributed by atoms with van der Waals surface area (Å²) in [4.78, 5) is 29.3. The highest BCUT2D eigenvalue weighted by atomic mass is 35.5. The fourth-order valence-electron chi connectivity index (χ4n) is 4.50. The van der Waals surface area contributed by atoms with Crippen molar-refractivity contribution < 1.29 is 14.3 Å². The van der Waals surface area contributed by atoms with Gasteiger partial charge in [-0.1, -0.05) is 43.0 Å². The minimum Gasteiger partial charge on any atom is -0.494 e. The predicted molar refractivity (Wildman–Crippen MR) is 157 cm³/mol. The number of rotatable bonds is 11. The molecule has 1 fully saturated rings. The molecule has 1 aliphatic rings. The molecule has 202 valence electrons. The fraction of sp³-hybridized carbons (Fsp3) is 0.429. The van der Waals surface area contributed by atoms with Crippen LogP contribution in [0.2, 0.25) is 22.7 Å². The molecule has 7 nitrogen and oxygen atoms in total. The van der Waals surface area contributed by atoms with Gasteiger partial charge in [0, 0.05) is 44.1 Å². The van der Waals surface area contributed by atoms with Gasteiger partial charge in [-0.05, 0) is 55.1 Å². The summed E-state index contributed by atoms with van der Waals surface area (Å²) < 4.78 is 12.9. The van der Waals surface area contributed by atoms with E-state index in [-0.39, 0.29) is 24.1 Å². The van der Waals surface area contributed by atoms with Gasteiger partial charge < -0.3 is 14.4 Å². The summed E-state index contributed by atoms with van der Waals surface area (Å²) in [6.07, 6.45) is 1.95. The molecule has 0 aliphatic carbocycles. The zero-order valence-electron chi connectivity index (χ0n) is 22.0. The number of anilines is 1. The first-order valence-corrected chi connectivity index (χ1v) is 14.0. The first kappa shape index (κ1) is 28.3. The minimum absolute atomic E-state index is 0.112. The molecule has 3 aromatic rings. The Kier molecular flexibility index (Phi) is 10.00. The number of benzene rings is 2. The molecule has 0 N–H and O–H groups in total. The Morgan fingerprint density at radius 1 is 1.05 bits per heavy atom. The zero-order chi connectivity index (χ0) is 27.1. The molecule has 2 heterocycles. The maximum absolute atomic E-state index is 12.5. The summed E-state index contributed by atoms with van der Waals surface area (Å²) >= 11 is 12.6. The van der Waals surface area contributed by atoms with Gasteiger partial charge in [0.25, 0.3) is 5.56 Å². The summed E-state index contributed by atoms with van der Waals surface area (Å²) in [5.41, 5.74) is 1.47. The van der Waals surface area contributed by atoms with Crippen LogP contribution in [0.5, 0.6) is 5.75 Å². The number of esters is 1. The first-order valence-electron chi connectivity index (χ1n) is 13.2. The third-order valence-electron chi connectivity index (χ3n) is 7.10. The number of carbonyl (C=O) groups excluding carboxylic acids is 1. The second-order valence-electron chi connectivity index (χ2n) is 9.68. The molecule has 1 saturated heterocycles. The van der Waals surface area contributed by atoms with Crippen LogP contribution < -0.4 is 15.2 Å². The van der Waals surface area contributed by atoms with Gasteiger partial charge in [-0.2, -0.15) is 0 Å². The van der Waals surface area contributed by atoms with Gasteiger partial charge in [0.05, 0.1) is 27.9 Å². The van der Waals surface area contributed by atoms with E-state index >= 15 is 0 Å². The highest BCUT2D eigenvalue weighted by Crippen LogP contribution is 2.32. The van der Waals surface area contributed by atoms with Crippen molar-refractivity contribution in [2.24, 2.45) is 0 Å². The van der Waals surface area contributed by atoms with Crippen LogP contribution in [-0.4, -0.2) is 62.0 Å². The topological polar surface area (TPSA) is 64.0 Å². The van der Waals surface area contributed by atoms with Crippen molar-refractivity contribution in [3.63, 3.8) is 0 Å². The van der Waals surface area contributed by atoms with E-state index < -0.39 is 0 Å². The lowest BCUT2D eigenvalue weighted by Crippen LogP contribution is -2.46. The van der Waals surface area contributed by atoms with Crippen molar-refractivity contribution in [3.05, 3.63) is 68.9 Å². The largest absolute Gasteiger partial charge is 0.494 e. The van der Waals surface area contributed by atoms with E-state index in [1.54, 1.807) is 6.07 Å². The normalized spacial score (nSPS) is 14.9. The molecule has 0 radical (unpaired) electrons. The van der Waals surface area contributed by atoms with E-state index in [0.29, 0.717) is 35.2 Å². The van der Waals surface area contributed by atoms with E-state index in [0.717, 1.165) is 56.6 Å². The standard InChI is InChI=1S/C28H34BCl2N3O4/c1-20(29-2)28(36)38-19-34-25-18-22(10-8-21(25)9-11-26(34)35)37-17-4-3-12-32-13-15-33(16-14-32)24-7-5-6-23(30)27(24)31/h5-11,18,20,29H,3-4,12-17,19H2,1-2H3. The summed E-state index contributed by atoms with van der Waals surface area (Å²) in [6, 6.07) is 14.7. The van der Waals surface area contributed by atoms with Crippen LogP contribution in [0.25, 0.3) is 10.9 Å². The quantitative estimate of drug-likeness (QED) is 0.186. The van der Waals surface area contributed by atoms with Gasteiger partial charge in [0.2, 0.25) is 0 Å². The molecule has 0 amide bonds. The smallest absolute Gasteiger partial charge is 0.302 e. The molecule has 1 unspecified atom stereocenters. The molecular weight excluding hydrogens is 524 g/mol. The number of pyridine rings is 1. The number of carbonyl (C=O) groups is 1. The summed E-state index contributed by atoms with van der Waals surface area (Å²) in [7, 11) is 0.690. The number of halogens is 2. The van der Waals surface area contributed by atoms with E-state index in [9.17, 15) is 9.59 Å². The molecule has 1 aliphatic heterocycles. The molecular formula is C28H34BCl2N3O4. The van der Waals surface area contributed by atoms with E-state index in [4.69, 9.17) is 32.7 Å². The summed E-state index contributed by atoms with van der Waals surface area (Å²) in [5.74, 6) is 0.181. The Morgan fingerprint density at radius 3 is 2.58 bits per heavy atom. The number of hydrogen-bond donors (Lipinski definition) is 0. The second-order valence-corrected chi connectivity index (χ2v) is 10.5. The Bertz CT molecular complexity index is 1310. The third kappa shape index (κ3) is 7.04. The molecule has 38 heavy (non-hydrogen) atoms. The lowest BCUT2D eigenvalue weighted by molar-refractivity contribution is -0.146. The van der Waals surface area contributed by atoms with Crippen LogP contribution in [0.4, 0.5) is 5.69 Å². The number of aromatic nitrogens is 1. The zero-order valence-corrected chi connectivity index (χ0v) is 23.5. The van der Waals surface area contributed by atoms with Crippen LogP contribution in [0.1, 0.15) is 19.8 Å². The molecule has 0 saturated carbocycles. The van der Waals surface area contributed by atoms with Crippen LogP contribution in [0, 0.1) is 0 Å². The van der Waals surface area contributed by atoms with Gasteiger partial charge in [0.1, 0.15) is 13.0 Å². The highest BCUT2D eigenvalue weighted by Gasteiger charge is 2.19. The van der Waals surface area contributed by atoms with Crippen molar-refractivity contribution in [1.82, 2.24) is 9.47 Å². The predicted octanol–water partition coefficient (Wildman–Crippen LogP) is 5.08. The Hall–Kier alpha value is -2.68.